The standard InChI is InChI=1S/C19H26F6N6O/c20-18(21,22)17-27-14(30-9-5-12(6-10-30)3-1-7-26)11-15(28-17)31-8-2-4-13(31)16(32)29-19(23,24)25/h11-13H,1-10,26H2,(H,29,32)/t13-/m0/s1. The molecule has 1 atom stereocenters. The van der Waals surface area contributed by atoms with Crippen LogP contribution in [0.15, 0.2) is 6.07 Å². The summed E-state index contributed by atoms with van der Waals surface area (Å²) in [5, 5.41) is 0.940. The van der Waals surface area contributed by atoms with E-state index in [9.17, 15) is 31.1 Å². The van der Waals surface area contributed by atoms with Gasteiger partial charge in [0.2, 0.25) is 11.7 Å². The van der Waals surface area contributed by atoms with Crippen molar-refractivity contribution < 1.29 is 31.1 Å². The fourth-order valence-corrected chi connectivity index (χ4v) is 4.25. The van der Waals surface area contributed by atoms with Crippen LogP contribution in [-0.2, 0) is 11.0 Å². The summed E-state index contributed by atoms with van der Waals surface area (Å²) in [4.78, 5) is 22.2. The number of hydrogen-bond donors (Lipinski definition) is 2. The number of nitrogens with two attached hydrogens (primary N) is 1. The summed E-state index contributed by atoms with van der Waals surface area (Å²) in [7, 11) is 0. The molecule has 1 aromatic heterocycles. The van der Waals surface area contributed by atoms with E-state index in [4.69, 9.17) is 5.73 Å². The average molecular weight is 468 g/mol. The minimum atomic E-state index is -4.92. The monoisotopic (exact) mass is 468 g/mol. The van der Waals surface area contributed by atoms with Crippen molar-refractivity contribution in [1.82, 2.24) is 15.3 Å². The van der Waals surface area contributed by atoms with Crippen molar-refractivity contribution >= 4 is 17.5 Å². The van der Waals surface area contributed by atoms with Crippen molar-refractivity contribution in [3.05, 3.63) is 11.9 Å². The van der Waals surface area contributed by atoms with Gasteiger partial charge in [-0.3, -0.25) is 10.1 Å². The van der Waals surface area contributed by atoms with Crippen molar-refractivity contribution in [3.63, 3.8) is 0 Å². The molecule has 1 amide bonds. The van der Waals surface area contributed by atoms with E-state index in [1.165, 1.54) is 11.0 Å². The van der Waals surface area contributed by atoms with Gasteiger partial charge >= 0.3 is 12.5 Å². The molecule has 180 valence electrons. The maximum Gasteiger partial charge on any atom is 0.484 e. The van der Waals surface area contributed by atoms with Gasteiger partial charge in [0, 0.05) is 25.7 Å². The number of anilines is 2. The van der Waals surface area contributed by atoms with E-state index in [2.05, 4.69) is 9.97 Å². The SMILES string of the molecule is NCCCC1CCN(c2cc(N3CCC[C@H]3C(=O)NC(F)(F)F)nc(C(F)(F)F)n2)CC1. The van der Waals surface area contributed by atoms with Gasteiger partial charge in [-0.1, -0.05) is 0 Å². The van der Waals surface area contributed by atoms with Gasteiger partial charge in [0.05, 0.1) is 0 Å². The van der Waals surface area contributed by atoms with Gasteiger partial charge in [-0.25, -0.2) is 9.97 Å². The Morgan fingerprint density at radius 3 is 2.31 bits per heavy atom. The summed E-state index contributed by atoms with van der Waals surface area (Å²) in [6.45, 7) is 1.70. The second-order valence-corrected chi connectivity index (χ2v) is 8.11. The number of rotatable bonds is 6. The highest BCUT2D eigenvalue weighted by Gasteiger charge is 2.41. The summed E-state index contributed by atoms with van der Waals surface area (Å²) in [6, 6.07) is 0.0664. The maximum absolute atomic E-state index is 13.5. The Morgan fingerprint density at radius 1 is 1.06 bits per heavy atom. The van der Waals surface area contributed by atoms with Crippen LogP contribution in [0.5, 0.6) is 0 Å². The van der Waals surface area contributed by atoms with Gasteiger partial charge in [0.1, 0.15) is 17.7 Å². The Morgan fingerprint density at radius 2 is 1.72 bits per heavy atom. The van der Waals surface area contributed by atoms with E-state index >= 15 is 0 Å². The minimum absolute atomic E-state index is 0.0569. The fraction of sp³-hybridized carbons (Fsp3) is 0.737. The van der Waals surface area contributed by atoms with Crippen LogP contribution in [-0.4, -0.2) is 54.4 Å². The molecule has 2 aliphatic rings. The quantitative estimate of drug-likeness (QED) is 0.493. The van der Waals surface area contributed by atoms with Crippen molar-refractivity contribution in [2.45, 2.75) is 57.0 Å². The zero-order chi connectivity index (χ0) is 23.5. The van der Waals surface area contributed by atoms with Gasteiger partial charge in [0.15, 0.2) is 0 Å². The number of carbonyl (C=O) groups excluding carboxylic acids is 1. The lowest BCUT2D eigenvalue weighted by Crippen LogP contribution is -2.48. The van der Waals surface area contributed by atoms with Crippen molar-refractivity contribution in [3.8, 4) is 0 Å². The first kappa shape index (κ1) is 24.3. The van der Waals surface area contributed by atoms with Crippen molar-refractivity contribution in [1.29, 1.82) is 0 Å². The van der Waals surface area contributed by atoms with E-state index in [-0.39, 0.29) is 24.6 Å². The number of alkyl halides is 6. The van der Waals surface area contributed by atoms with E-state index in [1.807, 2.05) is 0 Å². The molecule has 2 saturated heterocycles. The zero-order valence-corrected chi connectivity index (χ0v) is 17.3. The zero-order valence-electron chi connectivity index (χ0n) is 17.3. The largest absolute Gasteiger partial charge is 0.484 e. The Balaban J connectivity index is 1.84. The number of piperidine rings is 1. The first-order chi connectivity index (χ1) is 15.0. The smallest absolute Gasteiger partial charge is 0.356 e. The van der Waals surface area contributed by atoms with Crippen LogP contribution in [0.4, 0.5) is 38.0 Å². The van der Waals surface area contributed by atoms with E-state index in [0.29, 0.717) is 32.0 Å². The van der Waals surface area contributed by atoms with Crippen molar-refractivity contribution in [2.24, 2.45) is 11.7 Å². The number of nitrogens with one attached hydrogen (secondary N) is 1. The summed E-state index contributed by atoms with van der Waals surface area (Å²) in [5.41, 5.74) is 5.53. The highest BCUT2D eigenvalue weighted by Crippen LogP contribution is 2.34. The van der Waals surface area contributed by atoms with Crippen molar-refractivity contribution in [2.75, 3.05) is 36.0 Å². The molecule has 32 heavy (non-hydrogen) atoms. The number of hydrogen-bond acceptors (Lipinski definition) is 6. The molecular formula is C19H26F6N6O. The normalized spacial score (nSPS) is 20.7. The highest BCUT2D eigenvalue weighted by atomic mass is 19.4. The molecule has 0 radical (unpaired) electrons. The lowest BCUT2D eigenvalue weighted by molar-refractivity contribution is -0.170. The van der Waals surface area contributed by atoms with Gasteiger partial charge in [0.25, 0.3) is 0 Å². The van der Waals surface area contributed by atoms with E-state index in [0.717, 1.165) is 31.0 Å². The first-order valence-corrected chi connectivity index (χ1v) is 10.5. The maximum atomic E-state index is 13.5. The third kappa shape index (κ3) is 6.14. The van der Waals surface area contributed by atoms with Crippen LogP contribution < -0.4 is 20.9 Å². The molecule has 0 aromatic carbocycles. The third-order valence-corrected chi connectivity index (χ3v) is 5.82. The second-order valence-electron chi connectivity index (χ2n) is 8.11. The van der Waals surface area contributed by atoms with Crippen LogP contribution >= 0.6 is 0 Å². The Kier molecular flexibility index (Phi) is 7.36. The van der Waals surface area contributed by atoms with Gasteiger partial charge in [-0.2, -0.15) is 26.3 Å². The van der Waals surface area contributed by atoms with E-state index < -0.39 is 30.2 Å². The minimum Gasteiger partial charge on any atom is -0.356 e. The first-order valence-electron chi connectivity index (χ1n) is 10.5. The molecule has 7 nitrogen and oxygen atoms in total. The summed E-state index contributed by atoms with van der Waals surface area (Å²) in [5.74, 6) is -2.40. The molecule has 1 aromatic rings. The average Bonchev–Trinajstić information content (AvgIpc) is 3.21. The molecule has 3 N–H and O–H groups in total. The molecule has 3 heterocycles. The molecule has 2 fully saturated rings. The number of amides is 1. The predicted molar refractivity (Wildman–Crippen MR) is 105 cm³/mol. The number of aromatic nitrogens is 2. The molecule has 2 aliphatic heterocycles. The molecule has 13 heteroatoms. The lowest BCUT2D eigenvalue weighted by Gasteiger charge is -2.34. The molecular weight excluding hydrogens is 442 g/mol. The molecule has 0 bridgehead atoms. The van der Waals surface area contributed by atoms with Crippen LogP contribution in [0.1, 0.15) is 44.3 Å². The lowest BCUT2D eigenvalue weighted by atomic mass is 9.92. The number of nitrogens with zero attached hydrogens (tertiary/aromatic N) is 4. The van der Waals surface area contributed by atoms with Gasteiger partial charge < -0.3 is 15.5 Å². The van der Waals surface area contributed by atoms with Gasteiger partial charge in [-0.05, 0) is 51.0 Å². The molecule has 0 aliphatic carbocycles. The van der Waals surface area contributed by atoms with Crippen LogP contribution in [0.2, 0.25) is 0 Å². The van der Waals surface area contributed by atoms with Crippen LogP contribution in [0.3, 0.4) is 0 Å². The number of carbonyl (C=O) groups is 1. The van der Waals surface area contributed by atoms with Gasteiger partial charge in [-0.15, -0.1) is 0 Å². The molecule has 3 rings (SSSR count). The summed E-state index contributed by atoms with van der Waals surface area (Å²) < 4.78 is 78.2. The fourth-order valence-electron chi connectivity index (χ4n) is 4.25. The topological polar surface area (TPSA) is 87.4 Å². The third-order valence-electron chi connectivity index (χ3n) is 5.82. The van der Waals surface area contributed by atoms with Crippen LogP contribution in [0.25, 0.3) is 0 Å². The molecule has 0 unspecified atom stereocenters. The van der Waals surface area contributed by atoms with Crippen LogP contribution in [0, 0.1) is 5.92 Å². The Hall–Kier alpha value is -2.31. The summed E-state index contributed by atoms with van der Waals surface area (Å²) >= 11 is 0. The molecule has 0 saturated carbocycles. The predicted octanol–water partition coefficient (Wildman–Crippen LogP) is 3.06. The Bertz CT molecular complexity index is 793. The number of halogens is 6. The molecule has 0 spiro atoms. The summed E-state index contributed by atoms with van der Waals surface area (Å²) in [6.07, 6.45) is -5.94. The van der Waals surface area contributed by atoms with E-state index in [1.54, 1.807) is 4.90 Å². The highest BCUT2D eigenvalue weighted by molar-refractivity contribution is 5.86. The Labute approximate surface area is 181 Å². The second kappa shape index (κ2) is 9.67.